The molecule has 0 bridgehead atoms. The molecule has 0 atom stereocenters. The van der Waals surface area contributed by atoms with Gasteiger partial charge in [0.25, 0.3) is 0 Å². The average molecular weight is 233 g/mol. The summed E-state index contributed by atoms with van der Waals surface area (Å²) in [6.45, 7) is 4.56. The highest BCUT2D eigenvalue weighted by atomic mass is 19.2. The Labute approximate surface area is 92.4 Å². The van der Waals surface area contributed by atoms with Crippen LogP contribution < -0.4 is 5.48 Å². The molecule has 16 heavy (non-hydrogen) atoms. The maximum Gasteiger partial charge on any atom is 0.194 e. The number of hydroxylamine groups is 1. The first kappa shape index (κ1) is 13.0. The van der Waals surface area contributed by atoms with E-state index in [1.807, 2.05) is 13.8 Å². The molecule has 0 aromatic heterocycles. The minimum Gasteiger partial charge on any atom is -0.301 e. The molecule has 0 spiro atoms. The molecule has 0 fully saturated rings. The van der Waals surface area contributed by atoms with E-state index in [9.17, 15) is 13.2 Å². The summed E-state index contributed by atoms with van der Waals surface area (Å²) in [5.41, 5.74) is 2.84. The van der Waals surface area contributed by atoms with Gasteiger partial charge in [-0.3, -0.25) is 0 Å². The van der Waals surface area contributed by atoms with E-state index in [1.54, 1.807) is 0 Å². The maximum atomic E-state index is 12.8. The molecule has 0 amide bonds. The summed E-state index contributed by atoms with van der Waals surface area (Å²) in [6.07, 6.45) is 0. The summed E-state index contributed by atoms with van der Waals surface area (Å²) < 4.78 is 38.2. The molecule has 0 aliphatic carbocycles. The van der Waals surface area contributed by atoms with Crippen molar-refractivity contribution in [3.05, 3.63) is 35.1 Å². The Morgan fingerprint density at radius 2 is 1.75 bits per heavy atom. The van der Waals surface area contributed by atoms with Gasteiger partial charge in [0.2, 0.25) is 0 Å². The first-order chi connectivity index (χ1) is 7.50. The summed E-state index contributed by atoms with van der Waals surface area (Å²) >= 11 is 0. The fourth-order valence-corrected chi connectivity index (χ4v) is 1.07. The standard InChI is InChI=1S/C11H14F3NO/c1-7(2)6-16-15-5-8-3-9(12)11(14)10(13)4-8/h3-4,7,15H,5-6H2,1-2H3. The van der Waals surface area contributed by atoms with Gasteiger partial charge in [0, 0.05) is 6.54 Å². The minimum absolute atomic E-state index is 0.126. The van der Waals surface area contributed by atoms with Gasteiger partial charge in [0.05, 0.1) is 6.61 Å². The molecule has 1 aromatic rings. The second kappa shape index (κ2) is 5.86. The van der Waals surface area contributed by atoms with E-state index in [1.165, 1.54) is 0 Å². The summed E-state index contributed by atoms with van der Waals surface area (Å²) in [7, 11) is 0. The SMILES string of the molecule is CC(C)CONCc1cc(F)c(F)c(F)c1. The molecule has 0 saturated heterocycles. The predicted octanol–water partition coefficient (Wildman–Crippen LogP) is 2.78. The fraction of sp³-hybridized carbons (Fsp3) is 0.455. The number of benzene rings is 1. The number of nitrogens with one attached hydrogen (secondary N) is 1. The number of halogens is 3. The van der Waals surface area contributed by atoms with Crippen LogP contribution in [0.25, 0.3) is 0 Å². The van der Waals surface area contributed by atoms with Crippen LogP contribution in [0.2, 0.25) is 0 Å². The number of rotatable bonds is 5. The van der Waals surface area contributed by atoms with Gasteiger partial charge in [0.15, 0.2) is 17.5 Å². The van der Waals surface area contributed by atoms with Gasteiger partial charge in [-0.15, -0.1) is 0 Å². The lowest BCUT2D eigenvalue weighted by Gasteiger charge is -2.08. The van der Waals surface area contributed by atoms with Crippen molar-refractivity contribution < 1.29 is 18.0 Å². The lowest BCUT2D eigenvalue weighted by atomic mass is 10.2. The first-order valence-corrected chi connectivity index (χ1v) is 4.98. The quantitative estimate of drug-likeness (QED) is 0.479. The van der Waals surface area contributed by atoms with Gasteiger partial charge in [-0.1, -0.05) is 13.8 Å². The lowest BCUT2D eigenvalue weighted by molar-refractivity contribution is 0.0195. The van der Waals surface area contributed by atoms with Crippen molar-refractivity contribution in [3.8, 4) is 0 Å². The van der Waals surface area contributed by atoms with E-state index in [2.05, 4.69) is 5.48 Å². The molecule has 1 N–H and O–H groups in total. The zero-order valence-electron chi connectivity index (χ0n) is 9.19. The van der Waals surface area contributed by atoms with E-state index in [-0.39, 0.29) is 6.54 Å². The van der Waals surface area contributed by atoms with Crippen molar-refractivity contribution in [2.75, 3.05) is 6.61 Å². The van der Waals surface area contributed by atoms with Crippen LogP contribution in [-0.2, 0) is 11.4 Å². The highest BCUT2D eigenvalue weighted by molar-refractivity contribution is 5.19. The van der Waals surface area contributed by atoms with Crippen molar-refractivity contribution in [2.45, 2.75) is 20.4 Å². The van der Waals surface area contributed by atoms with Crippen molar-refractivity contribution in [1.29, 1.82) is 0 Å². The zero-order chi connectivity index (χ0) is 12.1. The Balaban J connectivity index is 2.49. The Hall–Kier alpha value is -1.07. The van der Waals surface area contributed by atoms with E-state index >= 15 is 0 Å². The molecule has 5 heteroatoms. The monoisotopic (exact) mass is 233 g/mol. The summed E-state index contributed by atoms with van der Waals surface area (Å²) in [5, 5.41) is 0. The largest absolute Gasteiger partial charge is 0.301 e. The highest BCUT2D eigenvalue weighted by Gasteiger charge is 2.10. The van der Waals surface area contributed by atoms with Crippen LogP contribution in [0.5, 0.6) is 0 Å². The van der Waals surface area contributed by atoms with E-state index in [4.69, 9.17) is 4.84 Å². The van der Waals surface area contributed by atoms with Gasteiger partial charge >= 0.3 is 0 Å². The van der Waals surface area contributed by atoms with E-state index in [0.717, 1.165) is 12.1 Å². The molecule has 0 aliphatic heterocycles. The molecule has 0 unspecified atom stereocenters. The predicted molar refractivity (Wildman–Crippen MR) is 53.9 cm³/mol. The summed E-state index contributed by atoms with van der Waals surface area (Å²) in [5.74, 6) is -3.48. The molecule has 0 aliphatic rings. The Morgan fingerprint density at radius 1 is 1.19 bits per heavy atom. The van der Waals surface area contributed by atoms with E-state index in [0.29, 0.717) is 18.1 Å². The molecule has 1 aromatic carbocycles. The molecule has 1 rings (SSSR count). The summed E-state index contributed by atoms with van der Waals surface area (Å²) in [4.78, 5) is 5.02. The van der Waals surface area contributed by atoms with Gasteiger partial charge in [-0.25, -0.2) is 13.2 Å². The second-order valence-electron chi connectivity index (χ2n) is 3.90. The molecular formula is C11H14F3NO. The van der Waals surface area contributed by atoms with Gasteiger partial charge in [0.1, 0.15) is 0 Å². The first-order valence-electron chi connectivity index (χ1n) is 4.98. The molecule has 90 valence electrons. The van der Waals surface area contributed by atoms with Crippen LogP contribution in [0.15, 0.2) is 12.1 Å². The van der Waals surface area contributed by atoms with Crippen LogP contribution in [0.1, 0.15) is 19.4 Å². The third kappa shape index (κ3) is 3.83. The normalized spacial score (nSPS) is 11.1. The molecule has 0 saturated carbocycles. The van der Waals surface area contributed by atoms with Crippen molar-refractivity contribution in [3.63, 3.8) is 0 Å². The summed E-state index contributed by atoms with van der Waals surface area (Å²) in [6, 6.07) is 1.87. The average Bonchev–Trinajstić information content (AvgIpc) is 2.20. The van der Waals surface area contributed by atoms with Crippen LogP contribution in [0, 0.1) is 23.4 Å². The zero-order valence-corrected chi connectivity index (χ0v) is 9.19. The maximum absolute atomic E-state index is 12.8. The van der Waals surface area contributed by atoms with Gasteiger partial charge < -0.3 is 4.84 Å². The number of hydrogen-bond acceptors (Lipinski definition) is 2. The minimum atomic E-state index is -1.45. The Morgan fingerprint density at radius 3 is 2.25 bits per heavy atom. The van der Waals surface area contributed by atoms with Gasteiger partial charge in [-0.05, 0) is 23.6 Å². The van der Waals surface area contributed by atoms with Crippen LogP contribution in [0.3, 0.4) is 0 Å². The van der Waals surface area contributed by atoms with Crippen LogP contribution >= 0.6 is 0 Å². The Bertz CT molecular complexity index is 332. The van der Waals surface area contributed by atoms with Gasteiger partial charge in [-0.2, -0.15) is 5.48 Å². The third-order valence-electron chi connectivity index (χ3n) is 1.84. The lowest BCUT2D eigenvalue weighted by Crippen LogP contribution is -2.17. The second-order valence-corrected chi connectivity index (χ2v) is 3.90. The highest BCUT2D eigenvalue weighted by Crippen LogP contribution is 2.13. The number of hydrogen-bond donors (Lipinski definition) is 1. The van der Waals surface area contributed by atoms with Crippen LogP contribution in [-0.4, -0.2) is 6.61 Å². The van der Waals surface area contributed by atoms with Crippen molar-refractivity contribution >= 4 is 0 Å². The van der Waals surface area contributed by atoms with Crippen molar-refractivity contribution in [2.24, 2.45) is 5.92 Å². The van der Waals surface area contributed by atoms with Crippen LogP contribution in [0.4, 0.5) is 13.2 Å². The van der Waals surface area contributed by atoms with E-state index < -0.39 is 17.5 Å². The molecule has 2 nitrogen and oxygen atoms in total. The third-order valence-corrected chi connectivity index (χ3v) is 1.84. The topological polar surface area (TPSA) is 21.3 Å². The fourth-order valence-electron chi connectivity index (χ4n) is 1.07. The molecule has 0 radical (unpaired) electrons. The molecular weight excluding hydrogens is 219 g/mol. The molecule has 0 heterocycles. The smallest absolute Gasteiger partial charge is 0.194 e. The van der Waals surface area contributed by atoms with Crippen molar-refractivity contribution in [1.82, 2.24) is 5.48 Å². The Kier molecular flexibility index (Phi) is 4.76.